The Morgan fingerprint density at radius 2 is 1.52 bits per heavy atom. The molecule has 1 fully saturated rings. The highest BCUT2D eigenvalue weighted by Gasteiger charge is 2.39. The molecule has 0 radical (unpaired) electrons. The number of ether oxygens (including phenoxy) is 2. The van der Waals surface area contributed by atoms with Crippen LogP contribution in [0.2, 0.25) is 0 Å². The van der Waals surface area contributed by atoms with Crippen LogP contribution in [-0.2, 0) is 32.2 Å². The lowest BCUT2D eigenvalue weighted by Crippen LogP contribution is -2.44. The first kappa shape index (κ1) is 35.0. The number of amides is 1. The molecule has 8 heteroatoms. The molecule has 252 valence electrons. The molecule has 0 spiro atoms. The van der Waals surface area contributed by atoms with Crippen molar-refractivity contribution in [2.45, 2.75) is 70.8 Å². The van der Waals surface area contributed by atoms with Crippen molar-refractivity contribution in [3.8, 4) is 11.1 Å². The van der Waals surface area contributed by atoms with Crippen molar-refractivity contribution in [3.63, 3.8) is 0 Å². The Morgan fingerprint density at radius 3 is 2.21 bits per heavy atom. The monoisotopic (exact) mass is 650 g/mol. The van der Waals surface area contributed by atoms with E-state index in [1.165, 1.54) is 5.56 Å². The van der Waals surface area contributed by atoms with Crippen LogP contribution in [0.5, 0.6) is 0 Å². The normalized spacial score (nSPS) is 19.9. The van der Waals surface area contributed by atoms with E-state index in [1.54, 1.807) is 0 Å². The molecule has 3 N–H and O–H groups in total. The van der Waals surface area contributed by atoms with Crippen LogP contribution < -0.4 is 5.32 Å². The van der Waals surface area contributed by atoms with Gasteiger partial charge in [-0.15, -0.1) is 0 Å². The topological polar surface area (TPSA) is 108 Å². The van der Waals surface area contributed by atoms with Crippen LogP contribution in [0, 0.1) is 5.92 Å². The Labute approximate surface area is 283 Å². The molecule has 4 aromatic rings. The summed E-state index contributed by atoms with van der Waals surface area (Å²) in [7, 11) is 2.13. The second-order valence-corrected chi connectivity index (χ2v) is 12.7. The Bertz CT molecular complexity index is 1630. The zero-order valence-corrected chi connectivity index (χ0v) is 27.9. The van der Waals surface area contributed by atoms with Gasteiger partial charge in [0.15, 0.2) is 6.29 Å². The molecule has 0 aliphatic carbocycles. The molecule has 0 saturated carbocycles. The van der Waals surface area contributed by atoms with Gasteiger partial charge in [-0.3, -0.25) is 14.5 Å². The fraction of sp³-hybridized carbons (Fsp3) is 0.350. The van der Waals surface area contributed by atoms with Crippen LogP contribution in [0.25, 0.3) is 11.1 Å². The molecule has 1 aliphatic heterocycles. The summed E-state index contributed by atoms with van der Waals surface area (Å²) in [4.78, 5) is 25.4. The first-order valence-electron chi connectivity index (χ1n) is 16.7. The Balaban J connectivity index is 1.34. The molecule has 4 aromatic carbocycles. The maximum Gasteiger partial charge on any atom is 0.303 e. The first-order chi connectivity index (χ1) is 23.2. The van der Waals surface area contributed by atoms with Crippen molar-refractivity contribution < 1.29 is 29.3 Å². The van der Waals surface area contributed by atoms with Gasteiger partial charge in [0.1, 0.15) is 0 Å². The van der Waals surface area contributed by atoms with E-state index in [-0.39, 0.29) is 49.5 Å². The fourth-order valence-electron chi connectivity index (χ4n) is 6.21. The predicted molar refractivity (Wildman–Crippen MR) is 186 cm³/mol. The number of rotatable bonds is 14. The van der Waals surface area contributed by atoms with Crippen molar-refractivity contribution >= 4 is 11.9 Å². The van der Waals surface area contributed by atoms with Crippen LogP contribution in [0.15, 0.2) is 103 Å². The van der Waals surface area contributed by atoms with Crippen LogP contribution in [0.3, 0.4) is 0 Å². The van der Waals surface area contributed by atoms with E-state index in [2.05, 4.69) is 67.5 Å². The second kappa shape index (κ2) is 16.7. The third kappa shape index (κ3) is 8.96. The van der Waals surface area contributed by atoms with Gasteiger partial charge in [0.25, 0.3) is 0 Å². The van der Waals surface area contributed by atoms with Crippen molar-refractivity contribution in [1.29, 1.82) is 0 Å². The third-order valence-electron chi connectivity index (χ3n) is 9.32. The minimum atomic E-state index is -0.900. The van der Waals surface area contributed by atoms with E-state index < -0.39 is 12.3 Å². The standard InChI is InChI=1S/C40H46N2O6/c1-27-36(25-42(3)28(2)30-10-5-4-6-11-30)47-40(48-39(27)32-18-16-29(26-43)17-19-32)33-22-20-31(21-23-33)35-13-8-7-12-34(35)24-41-37(44)14-9-15-38(45)46/h4-8,10-13,16-23,27-28,36,39-40,43H,9,14-15,24-26H2,1-3H3,(H,41,44)(H,45,46)/t27-,28+,36+,39+,40+/m1/s1. The number of aliphatic carboxylic acids is 1. The van der Waals surface area contributed by atoms with Crippen LogP contribution in [0.1, 0.15) is 79.4 Å². The number of aliphatic hydroxyl groups excluding tert-OH is 1. The van der Waals surface area contributed by atoms with E-state index >= 15 is 0 Å². The van der Waals surface area contributed by atoms with E-state index in [0.29, 0.717) is 13.0 Å². The Hall–Kier alpha value is -4.34. The van der Waals surface area contributed by atoms with Crippen LogP contribution >= 0.6 is 0 Å². The fourth-order valence-corrected chi connectivity index (χ4v) is 6.21. The van der Waals surface area contributed by atoms with Gasteiger partial charge in [-0.1, -0.05) is 110 Å². The van der Waals surface area contributed by atoms with Gasteiger partial charge >= 0.3 is 5.97 Å². The minimum absolute atomic E-state index is 0.00741. The number of hydrogen-bond donors (Lipinski definition) is 3. The smallest absolute Gasteiger partial charge is 0.303 e. The molecule has 0 bridgehead atoms. The van der Waals surface area contributed by atoms with Gasteiger partial charge in [-0.05, 0) is 53.8 Å². The summed E-state index contributed by atoms with van der Waals surface area (Å²) < 4.78 is 13.4. The molecule has 5 rings (SSSR count). The zero-order chi connectivity index (χ0) is 34.0. The van der Waals surface area contributed by atoms with E-state index in [4.69, 9.17) is 14.6 Å². The van der Waals surface area contributed by atoms with Gasteiger partial charge in [-0.25, -0.2) is 0 Å². The summed E-state index contributed by atoms with van der Waals surface area (Å²) in [5.74, 6) is -0.999. The number of carbonyl (C=O) groups is 2. The highest BCUT2D eigenvalue weighted by molar-refractivity contribution is 5.77. The average molecular weight is 651 g/mol. The molecule has 0 unspecified atom stereocenters. The minimum Gasteiger partial charge on any atom is -0.481 e. The number of carbonyl (C=O) groups excluding carboxylic acids is 1. The van der Waals surface area contributed by atoms with Gasteiger partial charge in [-0.2, -0.15) is 0 Å². The number of carboxylic acids is 1. The maximum atomic E-state index is 12.3. The van der Waals surface area contributed by atoms with Crippen LogP contribution in [-0.4, -0.2) is 46.7 Å². The van der Waals surface area contributed by atoms with E-state index in [1.807, 2.05) is 66.7 Å². The quantitative estimate of drug-likeness (QED) is 0.132. The number of nitrogens with one attached hydrogen (secondary N) is 1. The van der Waals surface area contributed by atoms with E-state index in [9.17, 15) is 14.7 Å². The summed E-state index contributed by atoms with van der Waals surface area (Å²) in [6.07, 6.45) is -0.429. The molecule has 1 heterocycles. The number of aliphatic hydroxyl groups is 1. The summed E-state index contributed by atoms with van der Waals surface area (Å²) in [6.45, 7) is 5.45. The number of carboxylic acid groups (broad SMARTS) is 1. The summed E-state index contributed by atoms with van der Waals surface area (Å²) in [5, 5.41) is 21.4. The zero-order valence-electron chi connectivity index (χ0n) is 27.9. The van der Waals surface area contributed by atoms with Gasteiger partial charge in [0, 0.05) is 43.5 Å². The highest BCUT2D eigenvalue weighted by Crippen LogP contribution is 2.42. The summed E-state index contributed by atoms with van der Waals surface area (Å²) >= 11 is 0. The van der Waals surface area contributed by atoms with Gasteiger partial charge in [0.2, 0.25) is 5.91 Å². The highest BCUT2D eigenvalue weighted by atomic mass is 16.7. The number of hydrogen-bond acceptors (Lipinski definition) is 6. The first-order valence-corrected chi connectivity index (χ1v) is 16.7. The lowest BCUT2D eigenvalue weighted by atomic mass is 9.89. The molecule has 48 heavy (non-hydrogen) atoms. The molecule has 1 aliphatic rings. The van der Waals surface area contributed by atoms with Crippen LogP contribution in [0.4, 0.5) is 0 Å². The number of likely N-dealkylation sites (N-methyl/N-ethyl adjacent to an activating group) is 1. The Morgan fingerprint density at radius 1 is 0.854 bits per heavy atom. The number of nitrogens with zero attached hydrogens (tertiary/aromatic N) is 1. The molecule has 1 amide bonds. The molecular formula is C40H46N2O6. The molecular weight excluding hydrogens is 604 g/mol. The van der Waals surface area contributed by atoms with Crippen molar-refractivity contribution in [2.24, 2.45) is 5.92 Å². The molecule has 0 aromatic heterocycles. The molecule has 5 atom stereocenters. The molecule has 1 saturated heterocycles. The predicted octanol–water partition coefficient (Wildman–Crippen LogP) is 7.20. The van der Waals surface area contributed by atoms with Crippen molar-refractivity contribution in [2.75, 3.05) is 13.6 Å². The lowest BCUT2D eigenvalue weighted by Gasteiger charge is -2.43. The van der Waals surface area contributed by atoms with Gasteiger partial charge in [0.05, 0.1) is 18.8 Å². The SMILES string of the molecule is C[C@@H]1[C@H](CN(C)[C@@H](C)c2ccccc2)O[C@H](c2ccc(-c3ccccc3CNC(=O)CCCC(=O)O)cc2)O[C@@H]1c1ccc(CO)cc1. The Kier molecular flexibility index (Phi) is 12.1. The van der Waals surface area contributed by atoms with Crippen molar-refractivity contribution in [1.82, 2.24) is 10.2 Å². The van der Waals surface area contributed by atoms with E-state index in [0.717, 1.165) is 39.9 Å². The lowest BCUT2D eigenvalue weighted by molar-refractivity contribution is -0.276. The summed E-state index contributed by atoms with van der Waals surface area (Å²) in [5.41, 5.74) is 7.05. The second-order valence-electron chi connectivity index (χ2n) is 12.7. The summed E-state index contributed by atoms with van der Waals surface area (Å²) in [6, 6.07) is 34.8. The number of benzene rings is 4. The third-order valence-corrected chi connectivity index (χ3v) is 9.32. The van der Waals surface area contributed by atoms with Gasteiger partial charge < -0.3 is 25.0 Å². The molecule has 8 nitrogen and oxygen atoms in total. The maximum absolute atomic E-state index is 12.3. The average Bonchev–Trinajstić information content (AvgIpc) is 3.11. The van der Waals surface area contributed by atoms with Crippen molar-refractivity contribution in [3.05, 3.63) is 131 Å². The largest absolute Gasteiger partial charge is 0.481 e.